The fraction of sp³-hybridized carbons (Fsp3) is 0.524. The number of hydrogen-bond acceptors (Lipinski definition) is 4. The highest BCUT2D eigenvalue weighted by atomic mass is 127. The van der Waals surface area contributed by atoms with E-state index >= 15 is 0 Å². The van der Waals surface area contributed by atoms with E-state index in [9.17, 15) is 0 Å². The second-order valence-electron chi connectivity index (χ2n) is 7.88. The summed E-state index contributed by atoms with van der Waals surface area (Å²) in [5.74, 6) is 1.89. The molecule has 0 radical (unpaired) electrons. The van der Waals surface area contributed by atoms with Gasteiger partial charge in [-0.15, -0.1) is 24.0 Å². The van der Waals surface area contributed by atoms with Crippen molar-refractivity contribution in [2.24, 2.45) is 4.99 Å². The number of nitrogens with one attached hydrogen (secondary N) is 1. The van der Waals surface area contributed by atoms with Crippen LogP contribution in [0, 0.1) is 6.92 Å². The van der Waals surface area contributed by atoms with Crippen LogP contribution in [-0.2, 0) is 12.0 Å². The zero-order valence-electron chi connectivity index (χ0n) is 17.0. The van der Waals surface area contributed by atoms with Gasteiger partial charge in [0, 0.05) is 62.3 Å². The highest BCUT2D eigenvalue weighted by molar-refractivity contribution is 14.0. The number of aromatic nitrogens is 1. The van der Waals surface area contributed by atoms with E-state index in [1.54, 1.807) is 0 Å². The molecule has 0 atom stereocenters. The minimum atomic E-state index is 0. The maximum absolute atomic E-state index is 5.18. The smallest absolute Gasteiger partial charge is 0.193 e. The third-order valence-electron chi connectivity index (χ3n) is 5.82. The fourth-order valence-corrected chi connectivity index (χ4v) is 4.36. The summed E-state index contributed by atoms with van der Waals surface area (Å²) in [4.78, 5) is 9.33. The van der Waals surface area contributed by atoms with Gasteiger partial charge in [0.2, 0.25) is 0 Å². The molecule has 6 nitrogen and oxygen atoms in total. The van der Waals surface area contributed by atoms with Gasteiger partial charge in [-0.25, -0.2) is 0 Å². The molecule has 2 aliphatic rings. The first-order valence-electron chi connectivity index (χ1n) is 9.94. The third kappa shape index (κ3) is 5.52. The maximum Gasteiger partial charge on any atom is 0.193 e. The summed E-state index contributed by atoms with van der Waals surface area (Å²) in [6.07, 6.45) is 2.47. The normalized spacial score (nSPS) is 19.0. The lowest BCUT2D eigenvalue weighted by Crippen LogP contribution is -2.53. The molecule has 1 aliphatic heterocycles. The highest BCUT2D eigenvalue weighted by Gasteiger charge is 2.44. The Hall–Kier alpha value is -1.13. The molecule has 2 heterocycles. The van der Waals surface area contributed by atoms with Gasteiger partial charge in [0.1, 0.15) is 5.76 Å². The van der Waals surface area contributed by atoms with Crippen LogP contribution in [-0.4, -0.2) is 60.7 Å². The predicted octanol–water partition coefficient (Wildman–Crippen LogP) is 3.79. The van der Waals surface area contributed by atoms with Gasteiger partial charge in [0.05, 0.1) is 5.69 Å². The van der Waals surface area contributed by atoms with Gasteiger partial charge in [-0.3, -0.25) is 9.89 Å². The van der Waals surface area contributed by atoms with Crippen molar-refractivity contribution < 1.29 is 4.52 Å². The number of halogens is 2. The number of piperazine rings is 1. The lowest BCUT2D eigenvalue weighted by molar-refractivity contribution is 0.169. The molecule has 8 heteroatoms. The molecule has 0 unspecified atom stereocenters. The van der Waals surface area contributed by atoms with Crippen LogP contribution in [0.5, 0.6) is 0 Å². The van der Waals surface area contributed by atoms with Crippen molar-refractivity contribution >= 4 is 45.9 Å². The van der Waals surface area contributed by atoms with E-state index in [1.165, 1.54) is 18.4 Å². The first kappa shape index (κ1) is 22.6. The fourth-order valence-electron chi connectivity index (χ4n) is 3.96. The van der Waals surface area contributed by atoms with Crippen molar-refractivity contribution in [2.45, 2.75) is 31.7 Å². The summed E-state index contributed by atoms with van der Waals surface area (Å²) < 4.78 is 6.33. The zero-order chi connectivity index (χ0) is 19.6. The van der Waals surface area contributed by atoms with Gasteiger partial charge >= 0.3 is 0 Å². The minimum Gasteiger partial charge on any atom is -0.361 e. The Labute approximate surface area is 198 Å². The number of benzene rings is 1. The van der Waals surface area contributed by atoms with Gasteiger partial charge in [-0.1, -0.05) is 33.2 Å². The first-order chi connectivity index (χ1) is 13.6. The average Bonchev–Trinajstić information content (AvgIpc) is 3.39. The van der Waals surface area contributed by atoms with Gasteiger partial charge in [0.15, 0.2) is 5.96 Å². The van der Waals surface area contributed by atoms with E-state index in [1.807, 2.05) is 20.0 Å². The SMILES string of the molecule is CN=C(NCC1(c2cccc(Br)c2)CC1)N1CCN(Cc2cc(C)on2)CC1.I. The summed E-state index contributed by atoms with van der Waals surface area (Å²) in [5.41, 5.74) is 2.68. The summed E-state index contributed by atoms with van der Waals surface area (Å²) in [6, 6.07) is 10.7. The Balaban J connectivity index is 0.00000240. The molecule has 1 N–H and O–H groups in total. The number of guanidine groups is 1. The maximum atomic E-state index is 5.18. The van der Waals surface area contributed by atoms with Gasteiger partial charge in [-0.05, 0) is 37.5 Å². The summed E-state index contributed by atoms with van der Waals surface area (Å²) in [5, 5.41) is 7.75. The van der Waals surface area contributed by atoms with Crippen LogP contribution in [0.15, 0.2) is 44.3 Å². The molecule has 2 aromatic rings. The van der Waals surface area contributed by atoms with E-state index in [0.717, 1.165) is 61.2 Å². The Bertz CT molecular complexity index is 843. The van der Waals surface area contributed by atoms with Gasteiger partial charge < -0.3 is 14.7 Å². The Kier molecular flexibility index (Phi) is 7.61. The molecule has 158 valence electrons. The Morgan fingerprint density at radius 3 is 2.59 bits per heavy atom. The molecule has 4 rings (SSSR count). The van der Waals surface area contributed by atoms with Crippen molar-refractivity contribution in [1.82, 2.24) is 20.3 Å². The third-order valence-corrected chi connectivity index (χ3v) is 6.31. The van der Waals surface area contributed by atoms with E-state index in [2.05, 4.69) is 65.5 Å². The van der Waals surface area contributed by atoms with Crippen molar-refractivity contribution in [3.63, 3.8) is 0 Å². The Morgan fingerprint density at radius 2 is 2.00 bits per heavy atom. The molecule has 1 saturated carbocycles. The van der Waals surface area contributed by atoms with Crippen molar-refractivity contribution in [3.8, 4) is 0 Å². The average molecular weight is 574 g/mol. The molecular formula is C21H29BrIN5O. The quantitative estimate of drug-likeness (QED) is 0.335. The lowest BCUT2D eigenvalue weighted by Gasteiger charge is -2.36. The summed E-state index contributed by atoms with van der Waals surface area (Å²) in [7, 11) is 1.88. The predicted molar refractivity (Wildman–Crippen MR) is 130 cm³/mol. The topological polar surface area (TPSA) is 56.9 Å². The largest absolute Gasteiger partial charge is 0.361 e. The minimum absolute atomic E-state index is 0. The molecular weight excluding hydrogens is 545 g/mol. The Morgan fingerprint density at radius 1 is 1.24 bits per heavy atom. The molecule has 1 aliphatic carbocycles. The van der Waals surface area contributed by atoms with E-state index in [-0.39, 0.29) is 29.4 Å². The number of nitrogens with zero attached hydrogens (tertiary/aromatic N) is 4. The zero-order valence-corrected chi connectivity index (χ0v) is 20.9. The van der Waals surface area contributed by atoms with Crippen LogP contribution in [0.1, 0.15) is 29.9 Å². The lowest BCUT2D eigenvalue weighted by atomic mass is 9.96. The van der Waals surface area contributed by atoms with Crippen molar-refractivity contribution in [2.75, 3.05) is 39.8 Å². The highest BCUT2D eigenvalue weighted by Crippen LogP contribution is 2.48. The van der Waals surface area contributed by atoms with Crippen LogP contribution in [0.25, 0.3) is 0 Å². The molecule has 2 fully saturated rings. The van der Waals surface area contributed by atoms with Crippen LogP contribution in [0.3, 0.4) is 0 Å². The van der Waals surface area contributed by atoms with Gasteiger partial charge in [-0.2, -0.15) is 0 Å². The van der Waals surface area contributed by atoms with E-state index in [4.69, 9.17) is 4.52 Å². The van der Waals surface area contributed by atoms with Crippen LogP contribution in [0.2, 0.25) is 0 Å². The molecule has 1 aromatic heterocycles. The first-order valence-corrected chi connectivity index (χ1v) is 10.7. The number of hydrogen-bond donors (Lipinski definition) is 1. The van der Waals surface area contributed by atoms with Crippen LogP contribution < -0.4 is 5.32 Å². The van der Waals surface area contributed by atoms with E-state index < -0.39 is 0 Å². The molecule has 0 bridgehead atoms. The molecule has 0 spiro atoms. The van der Waals surface area contributed by atoms with Gasteiger partial charge in [0.25, 0.3) is 0 Å². The number of aryl methyl sites for hydroxylation is 1. The standard InChI is InChI=1S/C21H28BrN5O.HI/c1-16-12-19(25-28-16)14-26-8-10-27(11-9-26)20(23-2)24-15-21(6-7-21)17-4-3-5-18(22)13-17;/h3-5,12-13H,6-11,14-15H2,1-2H3,(H,23,24);1H. The second kappa shape index (κ2) is 9.78. The molecule has 1 saturated heterocycles. The van der Waals surface area contributed by atoms with Crippen LogP contribution >= 0.6 is 39.9 Å². The van der Waals surface area contributed by atoms with Crippen molar-refractivity contribution in [1.29, 1.82) is 0 Å². The molecule has 0 amide bonds. The summed E-state index contributed by atoms with van der Waals surface area (Å²) >= 11 is 3.60. The monoisotopic (exact) mass is 573 g/mol. The number of aliphatic imine (C=N–C) groups is 1. The van der Waals surface area contributed by atoms with E-state index in [0.29, 0.717) is 0 Å². The molecule has 29 heavy (non-hydrogen) atoms. The molecule has 1 aromatic carbocycles. The second-order valence-corrected chi connectivity index (χ2v) is 8.80. The van der Waals surface area contributed by atoms with Crippen LogP contribution in [0.4, 0.5) is 0 Å². The van der Waals surface area contributed by atoms with Crippen molar-refractivity contribution in [3.05, 3.63) is 51.8 Å². The number of rotatable bonds is 5. The summed E-state index contributed by atoms with van der Waals surface area (Å²) in [6.45, 7) is 7.68.